The van der Waals surface area contributed by atoms with Gasteiger partial charge in [-0.3, -0.25) is 9.63 Å². The summed E-state index contributed by atoms with van der Waals surface area (Å²) in [6.45, 7) is 1.57. The summed E-state index contributed by atoms with van der Waals surface area (Å²) in [6.07, 6.45) is 0. The van der Waals surface area contributed by atoms with Gasteiger partial charge in [0, 0.05) is 7.05 Å². The lowest BCUT2D eigenvalue weighted by atomic mass is 10.2. The maximum Gasteiger partial charge on any atom is 0.301 e. The zero-order chi connectivity index (χ0) is 11.8. The SMILES string of the molecule is CO/N=C(C)/C(=N\OC)C(=O)N(C)OC. The largest absolute Gasteiger partial charge is 0.399 e. The van der Waals surface area contributed by atoms with Crippen LogP contribution in [0.3, 0.4) is 0 Å². The summed E-state index contributed by atoms with van der Waals surface area (Å²) in [7, 11) is 5.53. The minimum atomic E-state index is -0.474. The Labute approximate surface area is 88.2 Å². The van der Waals surface area contributed by atoms with Crippen LogP contribution in [0.1, 0.15) is 6.92 Å². The third-order valence-electron chi connectivity index (χ3n) is 1.52. The molecule has 0 aliphatic carbocycles. The average molecular weight is 217 g/mol. The molecule has 0 spiro atoms. The van der Waals surface area contributed by atoms with Crippen molar-refractivity contribution in [1.29, 1.82) is 0 Å². The van der Waals surface area contributed by atoms with Crippen molar-refractivity contribution in [3.8, 4) is 0 Å². The van der Waals surface area contributed by atoms with Crippen LogP contribution in [0.15, 0.2) is 10.3 Å². The molecular formula is C8H15N3O4. The van der Waals surface area contributed by atoms with Crippen molar-refractivity contribution >= 4 is 17.3 Å². The minimum absolute atomic E-state index is 0.0173. The third kappa shape index (κ3) is 3.94. The number of amides is 1. The lowest BCUT2D eigenvalue weighted by Crippen LogP contribution is -2.36. The van der Waals surface area contributed by atoms with E-state index in [-0.39, 0.29) is 5.71 Å². The predicted octanol–water partition coefficient (Wildman–Crippen LogP) is 0.0309. The van der Waals surface area contributed by atoms with Gasteiger partial charge < -0.3 is 9.68 Å². The van der Waals surface area contributed by atoms with Crippen molar-refractivity contribution in [2.24, 2.45) is 10.3 Å². The van der Waals surface area contributed by atoms with Crippen molar-refractivity contribution < 1.29 is 19.3 Å². The number of rotatable bonds is 5. The molecule has 15 heavy (non-hydrogen) atoms. The highest BCUT2D eigenvalue weighted by Gasteiger charge is 2.20. The predicted molar refractivity (Wildman–Crippen MR) is 54.3 cm³/mol. The molecule has 0 saturated heterocycles. The summed E-state index contributed by atoms with van der Waals surface area (Å²) in [6, 6.07) is 0. The Balaban J connectivity index is 4.91. The van der Waals surface area contributed by atoms with Crippen molar-refractivity contribution in [3.05, 3.63) is 0 Å². The molecule has 0 aromatic carbocycles. The standard InChI is InChI=1S/C8H15N3O4/c1-6(9-13-3)7(10-14-4)8(12)11(2)15-5/h1-5H3/b9-6+,10-7+. The van der Waals surface area contributed by atoms with Crippen LogP contribution in [-0.4, -0.2) is 50.8 Å². The van der Waals surface area contributed by atoms with Gasteiger partial charge in [0.1, 0.15) is 19.9 Å². The Hall–Kier alpha value is -1.63. The van der Waals surface area contributed by atoms with Crippen molar-refractivity contribution in [1.82, 2.24) is 5.06 Å². The lowest BCUT2D eigenvalue weighted by molar-refractivity contribution is -0.160. The second-order valence-corrected chi connectivity index (χ2v) is 2.47. The van der Waals surface area contributed by atoms with Crippen molar-refractivity contribution in [2.75, 3.05) is 28.4 Å². The summed E-state index contributed by atoms with van der Waals surface area (Å²) in [5.41, 5.74) is 0.317. The van der Waals surface area contributed by atoms with E-state index in [1.54, 1.807) is 6.92 Å². The Kier molecular flexibility index (Phi) is 6.03. The van der Waals surface area contributed by atoms with E-state index in [1.165, 1.54) is 28.4 Å². The highest BCUT2D eigenvalue weighted by molar-refractivity contribution is 6.66. The van der Waals surface area contributed by atoms with E-state index in [9.17, 15) is 4.79 Å². The van der Waals surface area contributed by atoms with Gasteiger partial charge in [0.25, 0.3) is 0 Å². The fourth-order valence-electron chi connectivity index (χ4n) is 0.763. The van der Waals surface area contributed by atoms with E-state index >= 15 is 0 Å². The fourth-order valence-corrected chi connectivity index (χ4v) is 0.763. The van der Waals surface area contributed by atoms with Gasteiger partial charge in [-0.05, 0) is 6.92 Å². The van der Waals surface area contributed by atoms with E-state index < -0.39 is 5.91 Å². The van der Waals surface area contributed by atoms with Gasteiger partial charge in [0.2, 0.25) is 0 Å². The van der Waals surface area contributed by atoms with Gasteiger partial charge >= 0.3 is 5.91 Å². The molecule has 0 fully saturated rings. The number of hydroxylamine groups is 2. The molecule has 0 rings (SSSR count). The molecule has 0 saturated carbocycles. The van der Waals surface area contributed by atoms with E-state index in [4.69, 9.17) is 4.84 Å². The van der Waals surface area contributed by atoms with Crippen molar-refractivity contribution in [2.45, 2.75) is 6.92 Å². The van der Waals surface area contributed by atoms with Gasteiger partial charge in [-0.15, -0.1) is 0 Å². The van der Waals surface area contributed by atoms with Crippen LogP contribution < -0.4 is 0 Å². The molecule has 0 aromatic heterocycles. The number of oxime groups is 2. The van der Waals surface area contributed by atoms with Gasteiger partial charge in [-0.1, -0.05) is 10.3 Å². The van der Waals surface area contributed by atoms with Crippen molar-refractivity contribution in [3.63, 3.8) is 0 Å². The molecule has 0 atom stereocenters. The summed E-state index contributed by atoms with van der Waals surface area (Å²) in [5.74, 6) is -0.474. The zero-order valence-electron chi connectivity index (χ0n) is 9.47. The number of carbonyl (C=O) groups is 1. The third-order valence-corrected chi connectivity index (χ3v) is 1.52. The van der Waals surface area contributed by atoms with Crippen LogP contribution in [0.5, 0.6) is 0 Å². The van der Waals surface area contributed by atoms with E-state index in [2.05, 4.69) is 20.0 Å². The highest BCUT2D eigenvalue weighted by Crippen LogP contribution is 1.94. The summed E-state index contributed by atoms with van der Waals surface area (Å²) < 4.78 is 0. The minimum Gasteiger partial charge on any atom is -0.399 e. The van der Waals surface area contributed by atoms with Crippen LogP contribution in [0, 0.1) is 0 Å². The molecule has 7 nitrogen and oxygen atoms in total. The molecule has 0 aliphatic rings. The second-order valence-electron chi connectivity index (χ2n) is 2.47. The van der Waals surface area contributed by atoms with Crippen LogP contribution >= 0.6 is 0 Å². The molecule has 1 amide bonds. The zero-order valence-corrected chi connectivity index (χ0v) is 9.47. The molecule has 0 bridgehead atoms. The molecule has 0 aromatic rings. The number of carbonyl (C=O) groups excluding carboxylic acids is 1. The maximum absolute atomic E-state index is 11.6. The monoisotopic (exact) mass is 217 g/mol. The molecule has 86 valence electrons. The Morgan fingerprint density at radius 3 is 2.07 bits per heavy atom. The molecule has 0 radical (unpaired) electrons. The Morgan fingerprint density at radius 2 is 1.67 bits per heavy atom. The first-order valence-corrected chi connectivity index (χ1v) is 4.09. The first kappa shape index (κ1) is 13.4. The number of hydrogen-bond acceptors (Lipinski definition) is 6. The van der Waals surface area contributed by atoms with Gasteiger partial charge in [0.15, 0.2) is 5.71 Å². The first-order valence-electron chi connectivity index (χ1n) is 4.09. The Bertz CT molecular complexity index is 275. The van der Waals surface area contributed by atoms with Crippen LogP contribution in [0.25, 0.3) is 0 Å². The van der Waals surface area contributed by atoms with Gasteiger partial charge in [-0.2, -0.15) is 0 Å². The van der Waals surface area contributed by atoms with E-state index in [0.717, 1.165) is 5.06 Å². The fraction of sp³-hybridized carbons (Fsp3) is 0.625. The topological polar surface area (TPSA) is 72.7 Å². The van der Waals surface area contributed by atoms with Crippen LogP contribution in [0.2, 0.25) is 0 Å². The quantitative estimate of drug-likeness (QED) is 0.481. The van der Waals surface area contributed by atoms with Crippen LogP contribution in [0.4, 0.5) is 0 Å². The van der Waals surface area contributed by atoms with Gasteiger partial charge in [0.05, 0.1) is 7.11 Å². The molecule has 0 N–H and O–H groups in total. The summed E-state index contributed by atoms with van der Waals surface area (Å²) in [5, 5.41) is 8.14. The lowest BCUT2D eigenvalue weighted by Gasteiger charge is -2.13. The summed E-state index contributed by atoms with van der Waals surface area (Å²) in [4.78, 5) is 25.4. The van der Waals surface area contributed by atoms with Crippen LogP contribution in [-0.2, 0) is 19.3 Å². The normalized spacial score (nSPS) is 12.3. The number of nitrogens with zero attached hydrogens (tertiary/aromatic N) is 3. The molecule has 0 heterocycles. The maximum atomic E-state index is 11.6. The average Bonchev–Trinajstić information content (AvgIpc) is 2.24. The smallest absolute Gasteiger partial charge is 0.301 e. The highest BCUT2D eigenvalue weighted by atomic mass is 16.7. The van der Waals surface area contributed by atoms with Gasteiger partial charge in [-0.25, -0.2) is 5.06 Å². The molecular weight excluding hydrogens is 202 g/mol. The summed E-state index contributed by atoms with van der Waals surface area (Å²) >= 11 is 0. The molecule has 0 aliphatic heterocycles. The van der Waals surface area contributed by atoms with E-state index in [1.807, 2.05) is 0 Å². The molecule has 7 heteroatoms. The number of hydrogen-bond donors (Lipinski definition) is 0. The second kappa shape index (κ2) is 6.77. The van der Waals surface area contributed by atoms with E-state index in [0.29, 0.717) is 5.71 Å². The first-order chi connectivity index (χ1) is 7.08. The Morgan fingerprint density at radius 1 is 1.13 bits per heavy atom. The molecule has 0 unspecified atom stereocenters.